The third kappa shape index (κ3) is 6.89. The Morgan fingerprint density at radius 2 is 1.80 bits per heavy atom. The second-order valence-corrected chi connectivity index (χ2v) is 4.69. The zero-order chi connectivity index (χ0) is 14.8. The number of carbonyl (C=O) groups excluding carboxylic acids is 2. The Bertz CT molecular complexity index is 429. The van der Waals surface area contributed by atoms with Crippen molar-refractivity contribution in [2.75, 3.05) is 18.5 Å². The van der Waals surface area contributed by atoms with Crippen LogP contribution in [-0.4, -0.2) is 30.1 Å². The van der Waals surface area contributed by atoms with Crippen molar-refractivity contribution >= 4 is 17.5 Å². The van der Waals surface area contributed by atoms with E-state index in [1.54, 1.807) is 12.1 Å². The van der Waals surface area contributed by atoms with E-state index in [9.17, 15) is 9.59 Å². The Hall–Kier alpha value is -1.88. The average molecular weight is 278 g/mol. The van der Waals surface area contributed by atoms with Gasteiger partial charge in [0.25, 0.3) is 0 Å². The summed E-state index contributed by atoms with van der Waals surface area (Å²) in [6.45, 7) is 2.30. The lowest BCUT2D eigenvalue weighted by Crippen LogP contribution is -2.26. The highest BCUT2D eigenvalue weighted by Crippen LogP contribution is 2.09. The summed E-state index contributed by atoms with van der Waals surface area (Å²) in [4.78, 5) is 22.6. The van der Waals surface area contributed by atoms with Crippen molar-refractivity contribution in [1.82, 2.24) is 5.32 Å². The first-order chi connectivity index (χ1) is 9.61. The molecular formula is C15H22N2O3. The summed E-state index contributed by atoms with van der Waals surface area (Å²) in [5.41, 5.74) is 1.64. The smallest absolute Gasteiger partial charge is 0.224 e. The van der Waals surface area contributed by atoms with E-state index in [1.165, 1.54) is 6.92 Å². The number of benzene rings is 1. The summed E-state index contributed by atoms with van der Waals surface area (Å²) in [6, 6.07) is 7.23. The van der Waals surface area contributed by atoms with E-state index in [1.807, 2.05) is 12.1 Å². The maximum Gasteiger partial charge on any atom is 0.224 e. The highest BCUT2D eigenvalue weighted by molar-refractivity contribution is 5.88. The second kappa shape index (κ2) is 9.09. The first-order valence-electron chi connectivity index (χ1n) is 6.86. The van der Waals surface area contributed by atoms with Gasteiger partial charge in [-0.2, -0.15) is 0 Å². The minimum atomic E-state index is -0.113. The van der Waals surface area contributed by atoms with Crippen LogP contribution < -0.4 is 10.6 Å². The molecule has 3 N–H and O–H groups in total. The number of unbranched alkanes of at least 4 members (excludes halogenated alkanes) is 2. The molecule has 0 aliphatic carbocycles. The molecule has 0 fully saturated rings. The second-order valence-electron chi connectivity index (χ2n) is 4.69. The predicted octanol–water partition coefficient (Wildman–Crippen LogP) is 1.47. The van der Waals surface area contributed by atoms with E-state index in [0.717, 1.165) is 30.5 Å². The van der Waals surface area contributed by atoms with Crippen molar-refractivity contribution < 1.29 is 14.7 Å². The molecule has 1 aromatic rings. The van der Waals surface area contributed by atoms with Crippen LogP contribution in [0.15, 0.2) is 24.3 Å². The third-order valence-electron chi connectivity index (χ3n) is 2.80. The van der Waals surface area contributed by atoms with Gasteiger partial charge >= 0.3 is 0 Å². The lowest BCUT2D eigenvalue weighted by Gasteiger charge is -2.06. The van der Waals surface area contributed by atoms with Gasteiger partial charge in [-0.15, -0.1) is 0 Å². The quantitative estimate of drug-likeness (QED) is 0.630. The topological polar surface area (TPSA) is 78.4 Å². The number of aliphatic hydroxyl groups excluding tert-OH is 1. The van der Waals surface area contributed by atoms with Gasteiger partial charge in [-0.05, 0) is 37.0 Å². The van der Waals surface area contributed by atoms with Gasteiger partial charge in [0.15, 0.2) is 0 Å². The van der Waals surface area contributed by atoms with Gasteiger partial charge in [0, 0.05) is 25.8 Å². The van der Waals surface area contributed by atoms with Gasteiger partial charge in [-0.1, -0.05) is 12.1 Å². The lowest BCUT2D eigenvalue weighted by molar-refractivity contribution is -0.120. The zero-order valence-corrected chi connectivity index (χ0v) is 11.8. The SMILES string of the molecule is CC(=O)Nc1ccc(CC(=O)NCCCCCO)cc1. The first-order valence-corrected chi connectivity index (χ1v) is 6.86. The molecule has 1 aromatic carbocycles. The van der Waals surface area contributed by atoms with Crippen LogP contribution in [0.4, 0.5) is 5.69 Å². The van der Waals surface area contributed by atoms with E-state index < -0.39 is 0 Å². The van der Waals surface area contributed by atoms with Gasteiger partial charge in [0.1, 0.15) is 0 Å². The molecule has 0 bridgehead atoms. The van der Waals surface area contributed by atoms with E-state index >= 15 is 0 Å². The number of amides is 2. The third-order valence-corrected chi connectivity index (χ3v) is 2.80. The Labute approximate surface area is 119 Å². The van der Waals surface area contributed by atoms with Gasteiger partial charge in [-0.3, -0.25) is 9.59 Å². The standard InChI is InChI=1S/C15H22N2O3/c1-12(19)17-14-7-5-13(6-8-14)11-15(20)16-9-3-2-4-10-18/h5-8,18H,2-4,9-11H2,1H3,(H,16,20)(H,17,19). The fourth-order valence-corrected chi connectivity index (χ4v) is 1.80. The maximum absolute atomic E-state index is 11.7. The Kier molecular flexibility index (Phi) is 7.35. The number of rotatable bonds is 8. The summed E-state index contributed by atoms with van der Waals surface area (Å²) >= 11 is 0. The number of nitrogens with one attached hydrogen (secondary N) is 2. The highest BCUT2D eigenvalue weighted by Gasteiger charge is 2.03. The van der Waals surface area contributed by atoms with Gasteiger partial charge in [0.05, 0.1) is 6.42 Å². The number of anilines is 1. The largest absolute Gasteiger partial charge is 0.396 e. The monoisotopic (exact) mass is 278 g/mol. The van der Waals surface area contributed by atoms with Gasteiger partial charge in [0.2, 0.25) is 11.8 Å². The van der Waals surface area contributed by atoms with E-state index in [4.69, 9.17) is 5.11 Å². The fourth-order valence-electron chi connectivity index (χ4n) is 1.80. The number of hydrogen-bond donors (Lipinski definition) is 3. The molecule has 5 heteroatoms. The maximum atomic E-state index is 11.7. The number of hydrogen-bond acceptors (Lipinski definition) is 3. The van der Waals surface area contributed by atoms with Crippen molar-refractivity contribution in [3.8, 4) is 0 Å². The minimum absolute atomic E-state index is 0.0127. The molecule has 110 valence electrons. The molecule has 20 heavy (non-hydrogen) atoms. The summed E-state index contributed by atoms with van der Waals surface area (Å²) in [7, 11) is 0. The summed E-state index contributed by atoms with van der Waals surface area (Å²) in [5.74, 6) is -0.125. The highest BCUT2D eigenvalue weighted by atomic mass is 16.3. The molecule has 2 amide bonds. The lowest BCUT2D eigenvalue weighted by atomic mass is 10.1. The molecule has 0 radical (unpaired) electrons. The molecule has 0 atom stereocenters. The fraction of sp³-hybridized carbons (Fsp3) is 0.467. The van der Waals surface area contributed by atoms with Crippen molar-refractivity contribution in [3.05, 3.63) is 29.8 Å². The Morgan fingerprint density at radius 3 is 2.40 bits per heavy atom. The molecule has 0 aliphatic heterocycles. The molecule has 5 nitrogen and oxygen atoms in total. The molecule has 0 aliphatic rings. The van der Waals surface area contributed by atoms with Crippen molar-refractivity contribution in [1.29, 1.82) is 0 Å². The normalized spacial score (nSPS) is 10.1. The molecule has 0 saturated carbocycles. The van der Waals surface area contributed by atoms with Crippen molar-refractivity contribution in [3.63, 3.8) is 0 Å². The van der Waals surface area contributed by atoms with E-state index in [2.05, 4.69) is 10.6 Å². The summed E-state index contributed by atoms with van der Waals surface area (Å²) < 4.78 is 0. The summed E-state index contributed by atoms with van der Waals surface area (Å²) in [6.07, 6.45) is 2.91. The molecule has 0 aromatic heterocycles. The molecule has 0 spiro atoms. The van der Waals surface area contributed by atoms with Crippen LogP contribution in [0, 0.1) is 0 Å². The van der Waals surface area contributed by atoms with Crippen LogP contribution in [0.5, 0.6) is 0 Å². The predicted molar refractivity (Wildman–Crippen MR) is 78.4 cm³/mol. The minimum Gasteiger partial charge on any atom is -0.396 e. The van der Waals surface area contributed by atoms with Crippen molar-refractivity contribution in [2.24, 2.45) is 0 Å². The molecular weight excluding hydrogens is 256 g/mol. The molecule has 0 saturated heterocycles. The molecule has 0 unspecified atom stereocenters. The van der Waals surface area contributed by atoms with Crippen LogP contribution in [0.25, 0.3) is 0 Å². The molecule has 1 rings (SSSR count). The van der Waals surface area contributed by atoms with Crippen LogP contribution >= 0.6 is 0 Å². The zero-order valence-electron chi connectivity index (χ0n) is 11.8. The van der Waals surface area contributed by atoms with Gasteiger partial charge in [-0.25, -0.2) is 0 Å². The van der Waals surface area contributed by atoms with Crippen LogP contribution in [0.2, 0.25) is 0 Å². The van der Waals surface area contributed by atoms with Crippen LogP contribution in [0.1, 0.15) is 31.7 Å². The average Bonchev–Trinajstić information content (AvgIpc) is 2.40. The molecule has 0 heterocycles. The van der Waals surface area contributed by atoms with Gasteiger partial charge < -0.3 is 15.7 Å². The van der Waals surface area contributed by atoms with Crippen molar-refractivity contribution in [2.45, 2.75) is 32.6 Å². The Balaban J connectivity index is 2.29. The van der Waals surface area contributed by atoms with E-state index in [0.29, 0.717) is 13.0 Å². The van der Waals surface area contributed by atoms with E-state index in [-0.39, 0.29) is 18.4 Å². The Morgan fingerprint density at radius 1 is 1.10 bits per heavy atom. The van der Waals surface area contributed by atoms with Crippen LogP contribution in [0.3, 0.4) is 0 Å². The first kappa shape index (κ1) is 16.2. The number of aliphatic hydroxyl groups is 1. The van der Waals surface area contributed by atoms with Crippen LogP contribution in [-0.2, 0) is 16.0 Å². The number of carbonyl (C=O) groups is 2. The summed E-state index contributed by atoms with van der Waals surface area (Å²) in [5, 5.41) is 14.2.